The SMILES string of the molecule is CNC1CCC(Oc2nc(Nc3cc(C)ns3)nc3ccsc23)CC1. The summed E-state index contributed by atoms with van der Waals surface area (Å²) in [5.74, 6) is 1.25. The molecular formula is C17H21N5OS2. The van der Waals surface area contributed by atoms with Crippen molar-refractivity contribution in [3.63, 3.8) is 0 Å². The Balaban J connectivity index is 1.56. The number of nitrogens with zero attached hydrogens (tertiary/aromatic N) is 3. The normalized spacial score (nSPS) is 20.7. The standard InChI is InChI=1S/C17H21N5OS2/c1-10-9-14(25-22-10)20-17-19-13-7-8-24-15(13)16(21-17)23-12-5-3-11(18-2)4-6-12/h7-9,11-12,18H,3-6H2,1-2H3,(H,19,20,21). The molecule has 0 aromatic carbocycles. The first kappa shape index (κ1) is 16.7. The number of hydrogen-bond donors (Lipinski definition) is 2. The smallest absolute Gasteiger partial charge is 0.236 e. The number of aromatic nitrogens is 3. The minimum Gasteiger partial charge on any atom is -0.473 e. The average Bonchev–Trinajstić information content (AvgIpc) is 3.24. The van der Waals surface area contributed by atoms with Crippen LogP contribution < -0.4 is 15.4 Å². The summed E-state index contributed by atoms with van der Waals surface area (Å²) < 4.78 is 11.6. The van der Waals surface area contributed by atoms with Crippen LogP contribution in [0.3, 0.4) is 0 Å². The number of rotatable bonds is 5. The van der Waals surface area contributed by atoms with Crippen molar-refractivity contribution in [2.45, 2.75) is 44.8 Å². The summed E-state index contributed by atoms with van der Waals surface area (Å²) >= 11 is 3.04. The summed E-state index contributed by atoms with van der Waals surface area (Å²) in [6.45, 7) is 1.97. The third-order valence-corrected chi connectivity index (χ3v) is 6.18. The molecule has 0 spiro atoms. The first-order chi connectivity index (χ1) is 12.2. The number of thiophene rings is 1. The highest BCUT2D eigenvalue weighted by Crippen LogP contribution is 2.33. The molecule has 0 aliphatic heterocycles. The summed E-state index contributed by atoms with van der Waals surface area (Å²) in [4.78, 5) is 9.24. The third kappa shape index (κ3) is 3.75. The van der Waals surface area contributed by atoms with Gasteiger partial charge in [0.2, 0.25) is 11.8 Å². The number of hydrogen-bond acceptors (Lipinski definition) is 8. The van der Waals surface area contributed by atoms with Crippen LogP contribution in [-0.4, -0.2) is 33.5 Å². The summed E-state index contributed by atoms with van der Waals surface area (Å²) in [7, 11) is 2.03. The highest BCUT2D eigenvalue weighted by Gasteiger charge is 2.23. The molecule has 3 heterocycles. The summed E-state index contributed by atoms with van der Waals surface area (Å²) in [6.07, 6.45) is 4.62. The molecule has 25 heavy (non-hydrogen) atoms. The van der Waals surface area contributed by atoms with Crippen LogP contribution in [0.1, 0.15) is 31.4 Å². The number of ether oxygens (including phenoxy) is 1. The summed E-state index contributed by atoms with van der Waals surface area (Å²) in [5.41, 5.74) is 1.91. The molecule has 1 aliphatic carbocycles. The number of fused-ring (bicyclic) bond motifs is 1. The van der Waals surface area contributed by atoms with Crippen LogP contribution in [-0.2, 0) is 0 Å². The Morgan fingerprint density at radius 2 is 2.04 bits per heavy atom. The molecule has 1 aliphatic rings. The van der Waals surface area contributed by atoms with Gasteiger partial charge in [0, 0.05) is 6.04 Å². The van der Waals surface area contributed by atoms with Gasteiger partial charge >= 0.3 is 0 Å². The predicted molar refractivity (Wildman–Crippen MR) is 103 cm³/mol. The molecule has 4 rings (SSSR count). The van der Waals surface area contributed by atoms with Gasteiger partial charge in [-0.2, -0.15) is 9.36 Å². The van der Waals surface area contributed by atoms with Crippen LogP contribution >= 0.6 is 22.9 Å². The van der Waals surface area contributed by atoms with Gasteiger partial charge in [0.1, 0.15) is 15.8 Å². The molecule has 1 saturated carbocycles. The molecule has 3 aromatic heterocycles. The second kappa shape index (κ2) is 7.23. The van der Waals surface area contributed by atoms with E-state index in [1.807, 2.05) is 31.5 Å². The number of aryl methyl sites for hydroxylation is 1. The largest absolute Gasteiger partial charge is 0.473 e. The van der Waals surface area contributed by atoms with Crippen LogP contribution in [0.15, 0.2) is 17.5 Å². The number of anilines is 2. The number of nitrogens with one attached hydrogen (secondary N) is 2. The van der Waals surface area contributed by atoms with Gasteiger partial charge in [-0.05, 0) is 68.7 Å². The van der Waals surface area contributed by atoms with Crippen molar-refractivity contribution in [2.75, 3.05) is 12.4 Å². The van der Waals surface area contributed by atoms with E-state index in [0.717, 1.165) is 46.6 Å². The molecule has 2 N–H and O–H groups in total. The lowest BCUT2D eigenvalue weighted by Crippen LogP contribution is -2.34. The Morgan fingerprint density at radius 1 is 1.20 bits per heavy atom. The lowest BCUT2D eigenvalue weighted by Gasteiger charge is -2.28. The van der Waals surface area contributed by atoms with Crippen LogP contribution in [0.4, 0.5) is 10.9 Å². The predicted octanol–water partition coefficient (Wildman–Crippen LogP) is 4.11. The van der Waals surface area contributed by atoms with E-state index in [1.165, 1.54) is 11.5 Å². The lowest BCUT2D eigenvalue weighted by molar-refractivity contribution is 0.138. The van der Waals surface area contributed by atoms with E-state index in [2.05, 4.69) is 25.0 Å². The highest BCUT2D eigenvalue weighted by atomic mass is 32.1. The molecule has 0 bridgehead atoms. The highest BCUT2D eigenvalue weighted by molar-refractivity contribution is 7.17. The quantitative estimate of drug-likeness (QED) is 0.699. The maximum Gasteiger partial charge on any atom is 0.236 e. The van der Waals surface area contributed by atoms with E-state index in [0.29, 0.717) is 17.9 Å². The van der Waals surface area contributed by atoms with Crippen molar-refractivity contribution in [3.8, 4) is 5.88 Å². The fraction of sp³-hybridized carbons (Fsp3) is 0.471. The van der Waals surface area contributed by atoms with Gasteiger partial charge in [0.15, 0.2) is 0 Å². The Kier molecular flexibility index (Phi) is 4.82. The van der Waals surface area contributed by atoms with Crippen molar-refractivity contribution in [1.29, 1.82) is 0 Å². The average molecular weight is 376 g/mol. The maximum absolute atomic E-state index is 6.28. The fourth-order valence-electron chi connectivity index (χ4n) is 3.13. The molecule has 0 atom stereocenters. The van der Waals surface area contributed by atoms with E-state index in [1.54, 1.807) is 11.3 Å². The molecule has 0 unspecified atom stereocenters. The van der Waals surface area contributed by atoms with Gasteiger partial charge in [-0.3, -0.25) is 0 Å². The zero-order valence-electron chi connectivity index (χ0n) is 14.3. The van der Waals surface area contributed by atoms with Crippen molar-refractivity contribution in [1.82, 2.24) is 19.7 Å². The van der Waals surface area contributed by atoms with Crippen LogP contribution in [0.2, 0.25) is 0 Å². The van der Waals surface area contributed by atoms with Gasteiger partial charge in [-0.15, -0.1) is 11.3 Å². The fourth-order valence-corrected chi connectivity index (χ4v) is 4.55. The minimum absolute atomic E-state index is 0.225. The van der Waals surface area contributed by atoms with Crippen molar-refractivity contribution in [3.05, 3.63) is 23.2 Å². The van der Waals surface area contributed by atoms with Gasteiger partial charge in [-0.25, -0.2) is 4.98 Å². The van der Waals surface area contributed by atoms with Gasteiger partial charge < -0.3 is 15.4 Å². The molecule has 6 nitrogen and oxygen atoms in total. The van der Waals surface area contributed by atoms with E-state index in [4.69, 9.17) is 4.74 Å². The Labute approximate surface area is 154 Å². The molecule has 132 valence electrons. The molecule has 1 fully saturated rings. The van der Waals surface area contributed by atoms with E-state index in [9.17, 15) is 0 Å². The van der Waals surface area contributed by atoms with E-state index in [-0.39, 0.29) is 6.10 Å². The molecular weight excluding hydrogens is 354 g/mol. The molecule has 0 radical (unpaired) electrons. The molecule has 8 heteroatoms. The first-order valence-corrected chi connectivity index (χ1v) is 10.2. The second-order valence-corrected chi connectivity index (χ2v) is 8.05. The van der Waals surface area contributed by atoms with Gasteiger partial charge in [-0.1, -0.05) is 0 Å². The zero-order chi connectivity index (χ0) is 17.2. The van der Waals surface area contributed by atoms with Crippen LogP contribution in [0.5, 0.6) is 5.88 Å². The van der Waals surface area contributed by atoms with Crippen molar-refractivity contribution in [2.24, 2.45) is 0 Å². The summed E-state index contributed by atoms with van der Waals surface area (Å²) in [6, 6.07) is 4.61. The summed E-state index contributed by atoms with van der Waals surface area (Å²) in [5, 5.41) is 9.58. The Hall–Kier alpha value is -1.77. The van der Waals surface area contributed by atoms with Gasteiger partial charge in [0.05, 0.1) is 11.2 Å². The van der Waals surface area contributed by atoms with Crippen LogP contribution in [0, 0.1) is 6.92 Å². The van der Waals surface area contributed by atoms with Crippen LogP contribution in [0.25, 0.3) is 10.2 Å². The lowest BCUT2D eigenvalue weighted by atomic mass is 9.93. The first-order valence-electron chi connectivity index (χ1n) is 8.51. The van der Waals surface area contributed by atoms with Gasteiger partial charge in [0.25, 0.3) is 0 Å². The second-order valence-electron chi connectivity index (χ2n) is 6.33. The van der Waals surface area contributed by atoms with Crippen molar-refractivity contribution < 1.29 is 4.74 Å². The monoisotopic (exact) mass is 375 g/mol. The third-order valence-electron chi connectivity index (χ3n) is 4.50. The minimum atomic E-state index is 0.225. The molecule has 0 amide bonds. The van der Waals surface area contributed by atoms with E-state index >= 15 is 0 Å². The van der Waals surface area contributed by atoms with E-state index < -0.39 is 0 Å². The molecule has 3 aromatic rings. The Morgan fingerprint density at radius 3 is 2.76 bits per heavy atom. The zero-order valence-corrected chi connectivity index (χ0v) is 15.9. The Bertz CT molecular complexity index is 854. The van der Waals surface area contributed by atoms with Crippen molar-refractivity contribution >= 4 is 44.0 Å². The molecule has 0 saturated heterocycles. The maximum atomic E-state index is 6.28. The topological polar surface area (TPSA) is 72.0 Å².